The molecule has 0 amide bonds. The molecule has 0 bridgehead atoms. The minimum Gasteiger partial charge on any atom is -0.100 e. The summed E-state index contributed by atoms with van der Waals surface area (Å²) in [5.74, 6) is 0.601. The number of hydrogen-bond acceptors (Lipinski definition) is 0. The fraction of sp³-hybridized carbons (Fsp3) is 0.333. The lowest BCUT2D eigenvalue weighted by Gasteiger charge is -2.10. The van der Waals surface area contributed by atoms with E-state index in [1.807, 2.05) is 0 Å². The van der Waals surface area contributed by atoms with Crippen molar-refractivity contribution in [2.45, 2.75) is 26.2 Å². The Morgan fingerprint density at radius 3 is 2.42 bits per heavy atom. The lowest BCUT2D eigenvalue weighted by Crippen LogP contribution is -1.92. The number of hydrogen-bond donors (Lipinski definition) is 0. The van der Waals surface area contributed by atoms with Crippen molar-refractivity contribution < 1.29 is 0 Å². The standard InChI is InChI=1S/C12H16/c1-10(2)9-11(3)12-7-5-4-6-8-12/h4-8,11H,1,9H2,2-3H3. The van der Waals surface area contributed by atoms with Gasteiger partial charge in [0.1, 0.15) is 0 Å². The maximum atomic E-state index is 3.92. The number of allylic oxidation sites excluding steroid dienone is 1. The van der Waals surface area contributed by atoms with Crippen LogP contribution in [0.4, 0.5) is 0 Å². The molecule has 1 aromatic rings. The van der Waals surface area contributed by atoms with E-state index in [9.17, 15) is 0 Å². The van der Waals surface area contributed by atoms with Crippen LogP contribution in [0.5, 0.6) is 0 Å². The van der Waals surface area contributed by atoms with Crippen molar-refractivity contribution in [3.05, 3.63) is 48.0 Å². The summed E-state index contributed by atoms with van der Waals surface area (Å²) >= 11 is 0. The Kier molecular flexibility index (Phi) is 3.09. The second-order valence-electron chi connectivity index (χ2n) is 3.47. The van der Waals surface area contributed by atoms with E-state index in [-0.39, 0.29) is 0 Å². The molecule has 0 saturated carbocycles. The Morgan fingerprint density at radius 2 is 1.92 bits per heavy atom. The normalized spacial score (nSPS) is 12.5. The van der Waals surface area contributed by atoms with Crippen molar-refractivity contribution in [2.75, 3.05) is 0 Å². The van der Waals surface area contributed by atoms with Crippen LogP contribution in [0.1, 0.15) is 31.7 Å². The minimum absolute atomic E-state index is 0.601. The Morgan fingerprint density at radius 1 is 1.33 bits per heavy atom. The third kappa shape index (κ3) is 2.54. The molecule has 0 N–H and O–H groups in total. The molecule has 0 saturated heterocycles. The second-order valence-corrected chi connectivity index (χ2v) is 3.47. The first-order valence-electron chi connectivity index (χ1n) is 4.39. The highest BCUT2D eigenvalue weighted by Gasteiger charge is 2.03. The molecular formula is C12H16. The van der Waals surface area contributed by atoms with Crippen molar-refractivity contribution >= 4 is 0 Å². The monoisotopic (exact) mass is 160 g/mol. The second kappa shape index (κ2) is 4.10. The Bertz CT molecular complexity index is 246. The van der Waals surface area contributed by atoms with Crippen LogP contribution in [-0.4, -0.2) is 0 Å². The fourth-order valence-electron chi connectivity index (χ4n) is 1.42. The highest BCUT2D eigenvalue weighted by molar-refractivity contribution is 5.20. The molecule has 0 spiro atoms. The van der Waals surface area contributed by atoms with Gasteiger partial charge in [-0.3, -0.25) is 0 Å². The van der Waals surface area contributed by atoms with Crippen molar-refractivity contribution in [1.29, 1.82) is 0 Å². The van der Waals surface area contributed by atoms with Crippen LogP contribution in [0, 0.1) is 0 Å². The predicted octanol–water partition coefficient (Wildman–Crippen LogP) is 3.76. The van der Waals surface area contributed by atoms with Gasteiger partial charge in [0.25, 0.3) is 0 Å². The summed E-state index contributed by atoms with van der Waals surface area (Å²) in [4.78, 5) is 0. The van der Waals surface area contributed by atoms with Crippen molar-refractivity contribution in [2.24, 2.45) is 0 Å². The highest BCUT2D eigenvalue weighted by atomic mass is 14.1. The molecule has 64 valence electrons. The molecule has 1 rings (SSSR count). The SMILES string of the molecule is C=C(C)CC(C)c1ccccc1. The van der Waals surface area contributed by atoms with Crippen LogP contribution in [-0.2, 0) is 0 Å². The van der Waals surface area contributed by atoms with Gasteiger partial charge in [-0.1, -0.05) is 42.8 Å². The third-order valence-corrected chi connectivity index (χ3v) is 2.02. The summed E-state index contributed by atoms with van der Waals surface area (Å²) in [5.41, 5.74) is 2.66. The zero-order valence-corrected chi connectivity index (χ0v) is 7.88. The van der Waals surface area contributed by atoms with Gasteiger partial charge >= 0.3 is 0 Å². The van der Waals surface area contributed by atoms with E-state index in [2.05, 4.69) is 50.8 Å². The van der Waals surface area contributed by atoms with E-state index in [4.69, 9.17) is 0 Å². The predicted molar refractivity (Wildman–Crippen MR) is 54.3 cm³/mol. The van der Waals surface area contributed by atoms with Gasteiger partial charge in [0.2, 0.25) is 0 Å². The van der Waals surface area contributed by atoms with E-state index in [1.54, 1.807) is 0 Å². The van der Waals surface area contributed by atoms with Gasteiger partial charge in [-0.05, 0) is 24.8 Å². The van der Waals surface area contributed by atoms with Gasteiger partial charge in [0.05, 0.1) is 0 Å². The number of benzene rings is 1. The van der Waals surface area contributed by atoms with Crippen LogP contribution in [0.2, 0.25) is 0 Å². The molecular weight excluding hydrogens is 144 g/mol. The molecule has 12 heavy (non-hydrogen) atoms. The van der Waals surface area contributed by atoms with Gasteiger partial charge in [-0.15, -0.1) is 6.58 Å². The van der Waals surface area contributed by atoms with Gasteiger partial charge < -0.3 is 0 Å². The van der Waals surface area contributed by atoms with E-state index in [0.717, 1.165) is 6.42 Å². The quantitative estimate of drug-likeness (QED) is 0.591. The average Bonchev–Trinajstić information content (AvgIpc) is 2.05. The summed E-state index contributed by atoms with van der Waals surface area (Å²) in [7, 11) is 0. The van der Waals surface area contributed by atoms with Crippen molar-refractivity contribution in [1.82, 2.24) is 0 Å². The van der Waals surface area contributed by atoms with Gasteiger partial charge in [-0.25, -0.2) is 0 Å². The molecule has 0 radical (unpaired) electrons. The van der Waals surface area contributed by atoms with Crippen LogP contribution >= 0.6 is 0 Å². The first-order valence-corrected chi connectivity index (χ1v) is 4.39. The molecule has 0 aromatic heterocycles. The number of rotatable bonds is 3. The lowest BCUT2D eigenvalue weighted by molar-refractivity contribution is 0.753. The molecule has 0 aliphatic heterocycles. The summed E-state index contributed by atoms with van der Waals surface area (Å²) in [6.07, 6.45) is 1.09. The van der Waals surface area contributed by atoms with Crippen LogP contribution < -0.4 is 0 Å². The molecule has 0 aliphatic carbocycles. The van der Waals surface area contributed by atoms with Crippen molar-refractivity contribution in [3.8, 4) is 0 Å². The van der Waals surface area contributed by atoms with Gasteiger partial charge in [0.15, 0.2) is 0 Å². The Balaban J connectivity index is 2.65. The van der Waals surface area contributed by atoms with E-state index in [0.29, 0.717) is 5.92 Å². The molecule has 1 unspecified atom stereocenters. The molecule has 0 fully saturated rings. The minimum atomic E-state index is 0.601. The summed E-state index contributed by atoms with van der Waals surface area (Å²) in [6.45, 7) is 8.24. The summed E-state index contributed by atoms with van der Waals surface area (Å²) in [5, 5.41) is 0. The average molecular weight is 160 g/mol. The maximum Gasteiger partial charge on any atom is -0.0153 e. The fourth-order valence-corrected chi connectivity index (χ4v) is 1.42. The Labute approximate surface area is 74.9 Å². The molecule has 1 atom stereocenters. The Hall–Kier alpha value is -1.04. The summed E-state index contributed by atoms with van der Waals surface area (Å²) in [6, 6.07) is 10.6. The third-order valence-electron chi connectivity index (χ3n) is 2.02. The van der Waals surface area contributed by atoms with Crippen LogP contribution in [0.3, 0.4) is 0 Å². The molecule has 0 heteroatoms. The first-order chi connectivity index (χ1) is 5.70. The van der Waals surface area contributed by atoms with Crippen LogP contribution in [0.15, 0.2) is 42.5 Å². The van der Waals surface area contributed by atoms with E-state index < -0.39 is 0 Å². The molecule has 0 aliphatic rings. The smallest absolute Gasteiger partial charge is 0.0153 e. The summed E-state index contributed by atoms with van der Waals surface area (Å²) < 4.78 is 0. The van der Waals surface area contributed by atoms with E-state index in [1.165, 1.54) is 11.1 Å². The topological polar surface area (TPSA) is 0 Å². The van der Waals surface area contributed by atoms with E-state index >= 15 is 0 Å². The zero-order valence-electron chi connectivity index (χ0n) is 7.88. The lowest BCUT2D eigenvalue weighted by atomic mass is 9.95. The zero-order chi connectivity index (χ0) is 8.97. The van der Waals surface area contributed by atoms with Crippen LogP contribution in [0.25, 0.3) is 0 Å². The van der Waals surface area contributed by atoms with Gasteiger partial charge in [0, 0.05) is 0 Å². The molecule has 1 aromatic carbocycles. The van der Waals surface area contributed by atoms with Gasteiger partial charge in [-0.2, -0.15) is 0 Å². The largest absolute Gasteiger partial charge is 0.100 e. The maximum absolute atomic E-state index is 3.92. The highest BCUT2D eigenvalue weighted by Crippen LogP contribution is 2.21. The molecule has 0 heterocycles. The first kappa shape index (κ1) is 9.05. The molecule has 0 nitrogen and oxygen atoms in total. The van der Waals surface area contributed by atoms with Crippen molar-refractivity contribution in [3.63, 3.8) is 0 Å².